The van der Waals surface area contributed by atoms with Crippen molar-refractivity contribution in [2.24, 2.45) is 4.99 Å². The molecular weight excluding hydrogens is 407 g/mol. The fourth-order valence-electron chi connectivity index (χ4n) is 4.37. The zero-order valence-electron chi connectivity index (χ0n) is 16.8. The Labute approximate surface area is 178 Å². The fourth-order valence-corrected chi connectivity index (χ4v) is 5.41. The molecule has 0 fully saturated rings. The van der Waals surface area contributed by atoms with E-state index in [1.54, 1.807) is 6.07 Å². The Morgan fingerprint density at radius 3 is 2.53 bits per heavy atom. The van der Waals surface area contributed by atoms with E-state index in [9.17, 15) is 13.2 Å². The minimum Gasteiger partial charge on any atom is -0.313 e. The number of benzene rings is 2. The number of anilines is 2. The van der Waals surface area contributed by atoms with Gasteiger partial charge in [0, 0.05) is 28.3 Å². The van der Waals surface area contributed by atoms with Crippen LogP contribution in [0.25, 0.3) is 0 Å². The van der Waals surface area contributed by atoms with Crippen LogP contribution in [0.5, 0.6) is 0 Å². The van der Waals surface area contributed by atoms with Gasteiger partial charge in [-0.15, -0.1) is 0 Å². The molecule has 156 valence electrons. The van der Waals surface area contributed by atoms with Gasteiger partial charge in [0.15, 0.2) is 0 Å². The highest BCUT2D eigenvalue weighted by Gasteiger charge is 2.38. The van der Waals surface area contributed by atoms with Crippen molar-refractivity contribution in [3.05, 3.63) is 59.9 Å². The fraction of sp³-hybridized carbons (Fsp3) is 0.348. The van der Waals surface area contributed by atoms with E-state index in [-0.39, 0.29) is 12.1 Å². The molecular formula is C23H22F3N3S. The topological polar surface area (TPSA) is 18.8 Å². The van der Waals surface area contributed by atoms with Crippen molar-refractivity contribution in [3.63, 3.8) is 0 Å². The number of fused-ring (bicyclic) bond motifs is 2. The Hall–Kier alpha value is -2.41. The Balaban J connectivity index is 1.67. The molecule has 0 saturated heterocycles. The van der Waals surface area contributed by atoms with Gasteiger partial charge in [-0.1, -0.05) is 23.9 Å². The maximum atomic E-state index is 13.5. The number of amidine groups is 1. The summed E-state index contributed by atoms with van der Waals surface area (Å²) in [6.07, 6.45) is 0.482. The molecule has 7 heteroatoms. The van der Waals surface area contributed by atoms with E-state index in [0.29, 0.717) is 5.69 Å². The number of para-hydroxylation sites is 1. The van der Waals surface area contributed by atoms with Crippen LogP contribution in [0.15, 0.2) is 69.1 Å². The third-order valence-electron chi connectivity index (χ3n) is 5.84. The van der Waals surface area contributed by atoms with E-state index in [4.69, 9.17) is 4.99 Å². The van der Waals surface area contributed by atoms with Crippen LogP contribution in [0.4, 0.5) is 24.5 Å². The van der Waals surface area contributed by atoms with Gasteiger partial charge in [0.05, 0.1) is 16.9 Å². The first-order valence-electron chi connectivity index (χ1n) is 10.2. The average molecular weight is 430 g/mol. The van der Waals surface area contributed by atoms with Gasteiger partial charge in [-0.05, 0) is 63.1 Å². The van der Waals surface area contributed by atoms with E-state index in [1.807, 2.05) is 29.2 Å². The summed E-state index contributed by atoms with van der Waals surface area (Å²) >= 11 is 1.51. The highest BCUT2D eigenvalue weighted by Crippen LogP contribution is 2.52. The van der Waals surface area contributed by atoms with Crippen molar-refractivity contribution in [2.75, 3.05) is 4.90 Å². The molecule has 0 spiro atoms. The van der Waals surface area contributed by atoms with Crippen LogP contribution in [0.3, 0.4) is 0 Å². The largest absolute Gasteiger partial charge is 0.416 e. The lowest BCUT2D eigenvalue weighted by molar-refractivity contribution is -0.137. The highest BCUT2D eigenvalue weighted by atomic mass is 32.2. The van der Waals surface area contributed by atoms with Crippen LogP contribution in [0.2, 0.25) is 0 Å². The molecule has 2 atom stereocenters. The molecule has 0 N–H and O–H groups in total. The first-order chi connectivity index (χ1) is 14.3. The number of halogens is 3. The summed E-state index contributed by atoms with van der Waals surface area (Å²) in [5, 5.41) is 0. The molecule has 3 aliphatic heterocycles. The Morgan fingerprint density at radius 1 is 1.03 bits per heavy atom. The maximum absolute atomic E-state index is 13.5. The van der Waals surface area contributed by atoms with Gasteiger partial charge >= 0.3 is 6.18 Å². The molecule has 0 radical (unpaired) electrons. The van der Waals surface area contributed by atoms with E-state index in [1.165, 1.54) is 23.9 Å². The van der Waals surface area contributed by atoms with Gasteiger partial charge < -0.3 is 4.90 Å². The van der Waals surface area contributed by atoms with Gasteiger partial charge in [-0.2, -0.15) is 13.2 Å². The first kappa shape index (κ1) is 19.5. The molecule has 0 saturated carbocycles. The second kappa shape index (κ2) is 7.08. The minimum atomic E-state index is -4.38. The van der Waals surface area contributed by atoms with Crippen molar-refractivity contribution in [3.8, 4) is 0 Å². The highest BCUT2D eigenvalue weighted by molar-refractivity contribution is 7.99. The molecule has 2 aromatic carbocycles. The molecule has 0 aliphatic carbocycles. The molecule has 2 unspecified atom stereocenters. The van der Waals surface area contributed by atoms with Crippen molar-refractivity contribution in [2.45, 2.75) is 61.2 Å². The Kier molecular flexibility index (Phi) is 4.61. The Morgan fingerprint density at radius 2 is 1.80 bits per heavy atom. The van der Waals surface area contributed by atoms with Crippen LogP contribution in [-0.4, -0.2) is 22.8 Å². The second-order valence-electron chi connectivity index (χ2n) is 8.04. The molecule has 0 amide bonds. The number of hydrogen-bond donors (Lipinski definition) is 0. The zero-order chi connectivity index (χ0) is 21.0. The molecule has 3 heterocycles. The van der Waals surface area contributed by atoms with E-state index >= 15 is 0 Å². The molecule has 0 bridgehead atoms. The second-order valence-corrected chi connectivity index (χ2v) is 9.12. The van der Waals surface area contributed by atoms with Crippen LogP contribution < -0.4 is 4.90 Å². The average Bonchev–Trinajstić information content (AvgIpc) is 3.30. The lowest BCUT2D eigenvalue weighted by Gasteiger charge is -2.39. The number of rotatable bonds is 1. The molecule has 2 aromatic rings. The zero-order valence-corrected chi connectivity index (χ0v) is 17.6. The normalized spacial score (nSPS) is 23.2. The van der Waals surface area contributed by atoms with Gasteiger partial charge in [-0.3, -0.25) is 9.89 Å². The van der Waals surface area contributed by atoms with Gasteiger partial charge in [0.1, 0.15) is 11.7 Å². The summed E-state index contributed by atoms with van der Waals surface area (Å²) in [7, 11) is 0. The third kappa shape index (κ3) is 3.20. The quantitative estimate of drug-likeness (QED) is 0.495. The third-order valence-corrected chi connectivity index (χ3v) is 6.97. The standard InChI is InChI=1S/C23H22F3N3S/c1-14-7-11-21(27-14)28-15(2)8-12-22(28)29-17-5-3-4-6-19(17)30-20-10-9-16(13-18(20)29)23(24,25)26/h3-6,9-10,12-15H,7-8,11H2,1-2H3. The maximum Gasteiger partial charge on any atom is 0.416 e. The lowest BCUT2D eigenvalue weighted by Crippen LogP contribution is -2.39. The van der Waals surface area contributed by atoms with Crippen LogP contribution in [-0.2, 0) is 6.18 Å². The summed E-state index contributed by atoms with van der Waals surface area (Å²) in [5.74, 6) is 1.94. The predicted octanol–water partition coefficient (Wildman–Crippen LogP) is 6.82. The monoisotopic (exact) mass is 429 g/mol. The van der Waals surface area contributed by atoms with E-state index in [2.05, 4.69) is 24.8 Å². The molecule has 30 heavy (non-hydrogen) atoms. The number of aliphatic imine (C=N–C) groups is 1. The van der Waals surface area contributed by atoms with Gasteiger partial charge in [0.2, 0.25) is 0 Å². The summed E-state index contributed by atoms with van der Waals surface area (Å²) in [4.78, 5) is 10.9. The predicted molar refractivity (Wildman–Crippen MR) is 114 cm³/mol. The van der Waals surface area contributed by atoms with Crippen molar-refractivity contribution in [1.29, 1.82) is 0 Å². The van der Waals surface area contributed by atoms with Gasteiger partial charge in [0.25, 0.3) is 0 Å². The molecule has 3 aliphatic rings. The number of nitrogens with zero attached hydrogens (tertiary/aromatic N) is 3. The van der Waals surface area contributed by atoms with Crippen molar-refractivity contribution >= 4 is 29.0 Å². The number of alkyl halides is 3. The Bertz CT molecular complexity index is 1060. The molecule has 3 nitrogen and oxygen atoms in total. The SMILES string of the molecule is CC1CCC(N2C(N3c4ccccc4Sc4ccc(C(F)(F)F)cc43)=CCC2C)=N1. The van der Waals surface area contributed by atoms with E-state index < -0.39 is 11.7 Å². The van der Waals surface area contributed by atoms with Crippen molar-refractivity contribution in [1.82, 2.24) is 4.90 Å². The molecule has 0 aromatic heterocycles. The smallest absolute Gasteiger partial charge is 0.313 e. The summed E-state index contributed by atoms with van der Waals surface area (Å²) in [5.41, 5.74) is 0.855. The van der Waals surface area contributed by atoms with Gasteiger partial charge in [-0.25, -0.2) is 0 Å². The first-order valence-corrected chi connectivity index (χ1v) is 11.0. The lowest BCUT2D eigenvalue weighted by atomic mass is 10.1. The van der Waals surface area contributed by atoms with Crippen LogP contribution >= 0.6 is 11.8 Å². The summed E-state index contributed by atoms with van der Waals surface area (Å²) < 4.78 is 40.5. The van der Waals surface area contributed by atoms with E-state index in [0.717, 1.165) is 46.4 Å². The van der Waals surface area contributed by atoms with Crippen LogP contribution in [0, 0.1) is 0 Å². The van der Waals surface area contributed by atoms with Crippen LogP contribution in [0.1, 0.15) is 38.7 Å². The van der Waals surface area contributed by atoms with Crippen molar-refractivity contribution < 1.29 is 13.2 Å². The number of hydrogen-bond acceptors (Lipinski definition) is 4. The summed E-state index contributed by atoms with van der Waals surface area (Å²) in [6, 6.07) is 12.4. The molecule has 5 rings (SSSR count). The minimum absolute atomic E-state index is 0.222. The summed E-state index contributed by atoms with van der Waals surface area (Å²) in [6.45, 7) is 4.25.